The fourth-order valence-electron chi connectivity index (χ4n) is 1.02. The van der Waals surface area contributed by atoms with Crippen LogP contribution in [0.5, 0.6) is 0 Å². The van der Waals surface area contributed by atoms with Crippen LogP contribution in [0.25, 0.3) is 0 Å². The van der Waals surface area contributed by atoms with E-state index in [2.05, 4.69) is 4.98 Å². The predicted molar refractivity (Wildman–Crippen MR) is 54.0 cm³/mol. The highest BCUT2D eigenvalue weighted by Crippen LogP contribution is 2.15. The van der Waals surface area contributed by atoms with Gasteiger partial charge in [0, 0.05) is 12.4 Å². The molecule has 0 atom stereocenters. The van der Waals surface area contributed by atoms with Crippen LogP contribution < -0.4 is 0 Å². The van der Waals surface area contributed by atoms with Gasteiger partial charge >= 0.3 is 5.97 Å². The van der Waals surface area contributed by atoms with Crippen molar-refractivity contribution in [3.8, 4) is 6.07 Å². The van der Waals surface area contributed by atoms with E-state index in [-0.39, 0.29) is 6.42 Å². The van der Waals surface area contributed by atoms with E-state index in [1.165, 1.54) is 6.20 Å². The van der Waals surface area contributed by atoms with E-state index >= 15 is 0 Å². The van der Waals surface area contributed by atoms with Crippen molar-refractivity contribution in [2.45, 2.75) is 25.9 Å². The van der Waals surface area contributed by atoms with E-state index in [4.69, 9.17) is 10.00 Å². The summed E-state index contributed by atoms with van der Waals surface area (Å²) < 4.78 is 5.16. The minimum absolute atomic E-state index is 0.166. The van der Waals surface area contributed by atoms with E-state index in [0.29, 0.717) is 5.56 Å². The molecule has 1 aromatic heterocycles. The average molecular weight is 204 g/mol. The van der Waals surface area contributed by atoms with Crippen molar-refractivity contribution < 1.29 is 9.53 Å². The van der Waals surface area contributed by atoms with Crippen molar-refractivity contribution in [2.24, 2.45) is 0 Å². The van der Waals surface area contributed by atoms with Crippen molar-refractivity contribution >= 4 is 5.97 Å². The lowest BCUT2D eigenvalue weighted by Crippen LogP contribution is -2.27. The van der Waals surface area contributed by atoms with E-state index in [1.54, 1.807) is 32.2 Å². The van der Waals surface area contributed by atoms with Crippen molar-refractivity contribution in [1.29, 1.82) is 5.26 Å². The minimum atomic E-state index is -0.762. The Kier molecular flexibility index (Phi) is 3.40. The molecule has 1 rings (SSSR count). The molecular weight excluding hydrogens is 192 g/mol. The maximum Gasteiger partial charge on any atom is 0.340 e. The summed E-state index contributed by atoms with van der Waals surface area (Å²) in [6, 6.07) is 5.26. The average Bonchev–Trinajstić information content (AvgIpc) is 2.18. The highest BCUT2D eigenvalue weighted by molar-refractivity contribution is 5.89. The van der Waals surface area contributed by atoms with Crippen LogP contribution in [-0.4, -0.2) is 16.6 Å². The maximum absolute atomic E-state index is 11.6. The third-order valence-electron chi connectivity index (χ3n) is 1.77. The van der Waals surface area contributed by atoms with Gasteiger partial charge in [0.05, 0.1) is 18.1 Å². The molecular formula is C11H12N2O2. The fourth-order valence-corrected chi connectivity index (χ4v) is 1.02. The molecule has 1 aromatic rings. The van der Waals surface area contributed by atoms with Gasteiger partial charge in [0.1, 0.15) is 5.60 Å². The second-order valence-electron chi connectivity index (χ2n) is 3.73. The molecule has 0 saturated heterocycles. The lowest BCUT2D eigenvalue weighted by Gasteiger charge is -2.21. The van der Waals surface area contributed by atoms with Gasteiger partial charge in [-0.1, -0.05) is 0 Å². The van der Waals surface area contributed by atoms with Crippen LogP contribution in [0.15, 0.2) is 24.5 Å². The SMILES string of the molecule is CC(C)(CC#N)OC(=O)c1cccnc1. The number of ether oxygens (including phenoxy) is 1. The number of aromatic nitrogens is 1. The molecule has 0 fully saturated rings. The molecule has 0 bridgehead atoms. The quantitative estimate of drug-likeness (QED) is 0.706. The maximum atomic E-state index is 11.6. The van der Waals surface area contributed by atoms with Gasteiger partial charge in [0.15, 0.2) is 0 Å². The molecule has 0 aliphatic heterocycles. The second kappa shape index (κ2) is 4.56. The fraction of sp³-hybridized carbons (Fsp3) is 0.364. The minimum Gasteiger partial charge on any atom is -0.455 e. The largest absolute Gasteiger partial charge is 0.455 e. The van der Waals surface area contributed by atoms with Crippen molar-refractivity contribution in [3.63, 3.8) is 0 Å². The summed E-state index contributed by atoms with van der Waals surface area (Å²) in [5.41, 5.74) is -0.370. The van der Waals surface area contributed by atoms with E-state index in [0.717, 1.165) is 0 Å². The molecule has 0 saturated carbocycles. The number of esters is 1. The Bertz CT molecular complexity index is 379. The summed E-state index contributed by atoms with van der Waals surface area (Å²) >= 11 is 0. The molecule has 4 nitrogen and oxygen atoms in total. The molecule has 78 valence electrons. The number of nitriles is 1. The Morgan fingerprint density at radius 1 is 1.67 bits per heavy atom. The van der Waals surface area contributed by atoms with Gasteiger partial charge in [0.2, 0.25) is 0 Å². The first-order chi connectivity index (χ1) is 7.05. The van der Waals surface area contributed by atoms with E-state index < -0.39 is 11.6 Å². The Labute approximate surface area is 88.5 Å². The number of hydrogen-bond donors (Lipinski definition) is 0. The molecule has 1 heterocycles. The van der Waals surface area contributed by atoms with E-state index in [1.807, 2.05) is 6.07 Å². The molecule has 0 unspecified atom stereocenters. The van der Waals surface area contributed by atoms with Gasteiger partial charge in [-0.3, -0.25) is 4.98 Å². The second-order valence-corrected chi connectivity index (χ2v) is 3.73. The Morgan fingerprint density at radius 3 is 2.93 bits per heavy atom. The summed E-state index contributed by atoms with van der Waals surface area (Å²) in [7, 11) is 0. The molecule has 0 aromatic carbocycles. The van der Waals surface area contributed by atoms with Crippen LogP contribution in [0.2, 0.25) is 0 Å². The smallest absolute Gasteiger partial charge is 0.340 e. The normalized spacial score (nSPS) is 10.5. The highest BCUT2D eigenvalue weighted by atomic mass is 16.6. The lowest BCUT2D eigenvalue weighted by molar-refractivity contribution is 0.00110. The summed E-state index contributed by atoms with van der Waals surface area (Å²) in [6.07, 6.45) is 3.18. The lowest BCUT2D eigenvalue weighted by atomic mass is 10.1. The van der Waals surface area contributed by atoms with Gasteiger partial charge in [-0.25, -0.2) is 4.79 Å². The molecule has 0 aliphatic rings. The topological polar surface area (TPSA) is 63.0 Å². The van der Waals surface area contributed by atoms with Crippen LogP contribution in [-0.2, 0) is 4.74 Å². The summed E-state index contributed by atoms with van der Waals surface area (Å²) in [6.45, 7) is 3.40. The van der Waals surface area contributed by atoms with Crippen LogP contribution >= 0.6 is 0 Å². The Balaban J connectivity index is 2.69. The first kappa shape index (κ1) is 11.2. The number of rotatable bonds is 3. The summed E-state index contributed by atoms with van der Waals surface area (Å²) in [5.74, 6) is -0.455. The zero-order valence-electron chi connectivity index (χ0n) is 8.73. The van der Waals surface area contributed by atoms with Crippen LogP contribution in [0.1, 0.15) is 30.6 Å². The van der Waals surface area contributed by atoms with Gasteiger partial charge < -0.3 is 4.74 Å². The third-order valence-corrected chi connectivity index (χ3v) is 1.77. The number of nitrogens with zero attached hydrogens (tertiary/aromatic N) is 2. The Hall–Kier alpha value is -1.89. The monoisotopic (exact) mass is 204 g/mol. The first-order valence-electron chi connectivity index (χ1n) is 4.55. The molecule has 0 amide bonds. The van der Waals surface area contributed by atoms with Crippen LogP contribution in [0.4, 0.5) is 0 Å². The molecule has 0 radical (unpaired) electrons. The third kappa shape index (κ3) is 3.39. The molecule has 0 N–H and O–H groups in total. The summed E-state index contributed by atoms with van der Waals surface area (Å²) in [4.78, 5) is 15.4. The van der Waals surface area contributed by atoms with Crippen molar-refractivity contribution in [1.82, 2.24) is 4.98 Å². The molecule has 0 aliphatic carbocycles. The van der Waals surface area contributed by atoms with Crippen LogP contribution in [0.3, 0.4) is 0 Å². The summed E-state index contributed by atoms with van der Waals surface area (Å²) in [5, 5.41) is 8.53. The van der Waals surface area contributed by atoms with Crippen molar-refractivity contribution in [2.75, 3.05) is 0 Å². The van der Waals surface area contributed by atoms with E-state index in [9.17, 15) is 4.79 Å². The molecule has 4 heteroatoms. The van der Waals surface area contributed by atoms with Gasteiger partial charge in [0.25, 0.3) is 0 Å². The molecule has 15 heavy (non-hydrogen) atoms. The van der Waals surface area contributed by atoms with Gasteiger partial charge in [-0.05, 0) is 26.0 Å². The first-order valence-corrected chi connectivity index (χ1v) is 4.55. The number of pyridine rings is 1. The van der Waals surface area contributed by atoms with Gasteiger partial charge in [-0.2, -0.15) is 5.26 Å². The Morgan fingerprint density at radius 2 is 2.40 bits per heavy atom. The predicted octanol–water partition coefficient (Wildman–Crippen LogP) is 1.93. The zero-order chi connectivity index (χ0) is 11.3. The zero-order valence-corrected chi connectivity index (χ0v) is 8.73. The number of hydrogen-bond acceptors (Lipinski definition) is 4. The number of carbonyl (C=O) groups is 1. The molecule has 0 spiro atoms. The van der Waals surface area contributed by atoms with Crippen molar-refractivity contribution in [3.05, 3.63) is 30.1 Å². The van der Waals surface area contributed by atoms with Gasteiger partial charge in [-0.15, -0.1) is 0 Å². The number of carbonyl (C=O) groups excluding carboxylic acids is 1. The standard InChI is InChI=1S/C11H12N2O2/c1-11(2,5-6-12)15-10(14)9-4-3-7-13-8-9/h3-4,7-8H,5H2,1-2H3. The van der Waals surface area contributed by atoms with Crippen LogP contribution in [0, 0.1) is 11.3 Å². The highest BCUT2D eigenvalue weighted by Gasteiger charge is 2.23.